The third-order valence-corrected chi connectivity index (χ3v) is 3.60. The fraction of sp³-hybridized carbons (Fsp3) is 0.600. The van der Waals surface area contributed by atoms with E-state index < -0.39 is 0 Å². The van der Waals surface area contributed by atoms with Gasteiger partial charge in [0.1, 0.15) is 5.75 Å². The van der Waals surface area contributed by atoms with Crippen molar-refractivity contribution in [3.05, 3.63) is 29.3 Å². The molecule has 3 heteroatoms. The first-order valence-electron chi connectivity index (χ1n) is 6.84. The summed E-state index contributed by atoms with van der Waals surface area (Å²) in [6, 6.07) is 7.12. The molecule has 1 N–H and O–H groups in total. The molecule has 2 rings (SSSR count). The van der Waals surface area contributed by atoms with E-state index in [1.807, 2.05) is 0 Å². The topological polar surface area (TPSA) is 24.5 Å². The van der Waals surface area contributed by atoms with Crippen LogP contribution in [0.15, 0.2) is 18.2 Å². The number of hydrogen-bond acceptors (Lipinski definition) is 3. The Morgan fingerprint density at radius 2 is 2.28 bits per heavy atom. The molecule has 0 aliphatic carbocycles. The van der Waals surface area contributed by atoms with Gasteiger partial charge in [-0.05, 0) is 25.0 Å². The number of nitrogens with one attached hydrogen (secondary N) is 1. The molecule has 1 fully saturated rings. The number of methoxy groups -OCH3 is 1. The van der Waals surface area contributed by atoms with Crippen LogP contribution in [-0.4, -0.2) is 37.7 Å². The molecule has 0 radical (unpaired) electrons. The van der Waals surface area contributed by atoms with Gasteiger partial charge in [0, 0.05) is 37.8 Å². The minimum Gasteiger partial charge on any atom is -0.496 e. The predicted molar refractivity (Wildman–Crippen MR) is 75.1 cm³/mol. The van der Waals surface area contributed by atoms with E-state index in [0.29, 0.717) is 6.04 Å². The average molecular weight is 248 g/mol. The molecule has 0 saturated carbocycles. The van der Waals surface area contributed by atoms with Crippen LogP contribution in [0.2, 0.25) is 0 Å². The van der Waals surface area contributed by atoms with Crippen LogP contribution >= 0.6 is 0 Å². The first-order chi connectivity index (χ1) is 8.72. The van der Waals surface area contributed by atoms with Crippen LogP contribution in [0.1, 0.15) is 25.0 Å². The Labute approximate surface area is 110 Å². The van der Waals surface area contributed by atoms with E-state index in [1.165, 1.54) is 11.1 Å². The highest BCUT2D eigenvalue weighted by Gasteiger charge is 2.17. The van der Waals surface area contributed by atoms with Crippen LogP contribution in [0.3, 0.4) is 0 Å². The second-order valence-electron chi connectivity index (χ2n) is 5.09. The molecule has 1 unspecified atom stereocenters. The summed E-state index contributed by atoms with van der Waals surface area (Å²) in [5, 5.41) is 3.48. The molecule has 1 aromatic rings. The number of piperazine rings is 1. The Morgan fingerprint density at radius 3 is 2.94 bits per heavy atom. The highest BCUT2D eigenvalue weighted by Crippen LogP contribution is 2.22. The quantitative estimate of drug-likeness (QED) is 0.882. The summed E-state index contributed by atoms with van der Waals surface area (Å²) in [5.41, 5.74) is 2.69. The fourth-order valence-corrected chi connectivity index (χ4v) is 2.57. The number of nitrogens with zero attached hydrogens (tertiary/aromatic N) is 1. The highest BCUT2D eigenvalue weighted by atomic mass is 16.5. The van der Waals surface area contributed by atoms with Crippen molar-refractivity contribution in [1.29, 1.82) is 0 Å². The number of aryl methyl sites for hydroxylation is 1. The second-order valence-corrected chi connectivity index (χ2v) is 5.09. The average Bonchev–Trinajstić information content (AvgIpc) is 2.38. The maximum atomic E-state index is 5.47. The van der Waals surface area contributed by atoms with Crippen molar-refractivity contribution in [3.8, 4) is 5.75 Å². The van der Waals surface area contributed by atoms with Gasteiger partial charge in [-0.15, -0.1) is 0 Å². The molecule has 1 saturated heterocycles. The van der Waals surface area contributed by atoms with Crippen LogP contribution in [0.25, 0.3) is 0 Å². The lowest BCUT2D eigenvalue weighted by atomic mass is 10.1. The maximum Gasteiger partial charge on any atom is 0.123 e. The van der Waals surface area contributed by atoms with Crippen LogP contribution in [0.4, 0.5) is 0 Å². The van der Waals surface area contributed by atoms with Crippen LogP contribution in [-0.2, 0) is 13.0 Å². The van der Waals surface area contributed by atoms with Gasteiger partial charge in [-0.1, -0.05) is 19.1 Å². The molecule has 1 aromatic carbocycles. The Hall–Kier alpha value is -1.06. The third kappa shape index (κ3) is 3.24. The van der Waals surface area contributed by atoms with Crippen molar-refractivity contribution in [2.75, 3.05) is 26.7 Å². The van der Waals surface area contributed by atoms with Gasteiger partial charge in [-0.3, -0.25) is 4.90 Å². The largest absolute Gasteiger partial charge is 0.496 e. The SMILES string of the molecule is CCc1ccc(OC)c(CN2CCNC(C)C2)c1. The molecular formula is C15H24N2O. The van der Waals surface area contributed by atoms with E-state index in [2.05, 4.69) is 42.3 Å². The Kier molecular flexibility index (Phi) is 4.61. The fourth-order valence-electron chi connectivity index (χ4n) is 2.57. The molecule has 0 bridgehead atoms. The molecule has 1 heterocycles. The van der Waals surface area contributed by atoms with E-state index in [0.717, 1.165) is 38.3 Å². The summed E-state index contributed by atoms with van der Waals surface area (Å²) >= 11 is 0. The van der Waals surface area contributed by atoms with Gasteiger partial charge >= 0.3 is 0 Å². The molecular weight excluding hydrogens is 224 g/mol. The third-order valence-electron chi connectivity index (χ3n) is 3.60. The minimum atomic E-state index is 0.583. The summed E-state index contributed by atoms with van der Waals surface area (Å²) < 4.78 is 5.47. The predicted octanol–water partition coefficient (Wildman–Crippen LogP) is 2.05. The number of hydrogen-bond donors (Lipinski definition) is 1. The number of benzene rings is 1. The van der Waals surface area contributed by atoms with Crippen molar-refractivity contribution < 1.29 is 4.74 Å². The van der Waals surface area contributed by atoms with Crippen LogP contribution < -0.4 is 10.1 Å². The lowest BCUT2D eigenvalue weighted by Gasteiger charge is -2.32. The number of ether oxygens (including phenoxy) is 1. The van der Waals surface area contributed by atoms with Crippen LogP contribution in [0, 0.1) is 0 Å². The normalized spacial score (nSPS) is 20.9. The zero-order valence-electron chi connectivity index (χ0n) is 11.7. The number of rotatable bonds is 4. The van der Waals surface area contributed by atoms with Crippen molar-refractivity contribution in [3.63, 3.8) is 0 Å². The standard InChI is InChI=1S/C15H24N2O/c1-4-13-5-6-15(18-3)14(9-13)11-17-8-7-16-12(2)10-17/h5-6,9,12,16H,4,7-8,10-11H2,1-3H3. The lowest BCUT2D eigenvalue weighted by Crippen LogP contribution is -2.48. The molecule has 0 aromatic heterocycles. The maximum absolute atomic E-state index is 5.47. The van der Waals surface area contributed by atoms with Gasteiger partial charge in [0.15, 0.2) is 0 Å². The summed E-state index contributed by atoms with van der Waals surface area (Å²) in [7, 11) is 1.75. The summed E-state index contributed by atoms with van der Waals surface area (Å²) in [6.45, 7) is 8.73. The zero-order valence-corrected chi connectivity index (χ0v) is 11.7. The molecule has 100 valence electrons. The van der Waals surface area contributed by atoms with Crippen molar-refractivity contribution >= 4 is 0 Å². The minimum absolute atomic E-state index is 0.583. The molecule has 1 aliphatic rings. The van der Waals surface area contributed by atoms with E-state index >= 15 is 0 Å². The van der Waals surface area contributed by atoms with E-state index in [-0.39, 0.29) is 0 Å². The zero-order chi connectivity index (χ0) is 13.0. The monoisotopic (exact) mass is 248 g/mol. The Bertz CT molecular complexity index is 392. The molecule has 3 nitrogen and oxygen atoms in total. The van der Waals surface area contributed by atoms with Gasteiger partial charge in [-0.2, -0.15) is 0 Å². The second kappa shape index (κ2) is 6.21. The van der Waals surface area contributed by atoms with Crippen molar-refractivity contribution in [2.45, 2.75) is 32.9 Å². The van der Waals surface area contributed by atoms with E-state index in [1.54, 1.807) is 7.11 Å². The van der Waals surface area contributed by atoms with Crippen LogP contribution in [0.5, 0.6) is 5.75 Å². The highest BCUT2D eigenvalue weighted by molar-refractivity contribution is 5.37. The van der Waals surface area contributed by atoms with Gasteiger partial charge in [0.25, 0.3) is 0 Å². The van der Waals surface area contributed by atoms with Gasteiger partial charge in [-0.25, -0.2) is 0 Å². The van der Waals surface area contributed by atoms with E-state index in [4.69, 9.17) is 4.74 Å². The van der Waals surface area contributed by atoms with Crippen molar-refractivity contribution in [2.24, 2.45) is 0 Å². The van der Waals surface area contributed by atoms with E-state index in [9.17, 15) is 0 Å². The van der Waals surface area contributed by atoms with Crippen molar-refractivity contribution in [1.82, 2.24) is 10.2 Å². The van der Waals surface area contributed by atoms with Gasteiger partial charge in [0.2, 0.25) is 0 Å². The Balaban J connectivity index is 2.11. The first kappa shape index (κ1) is 13.4. The lowest BCUT2D eigenvalue weighted by molar-refractivity contribution is 0.197. The smallest absolute Gasteiger partial charge is 0.123 e. The molecule has 1 aliphatic heterocycles. The summed E-state index contributed by atoms with van der Waals surface area (Å²) in [4.78, 5) is 2.50. The summed E-state index contributed by atoms with van der Waals surface area (Å²) in [6.07, 6.45) is 1.08. The molecule has 0 spiro atoms. The molecule has 0 amide bonds. The van der Waals surface area contributed by atoms with Gasteiger partial charge in [0.05, 0.1) is 7.11 Å². The summed E-state index contributed by atoms with van der Waals surface area (Å²) in [5.74, 6) is 1.01. The first-order valence-corrected chi connectivity index (χ1v) is 6.84. The molecule has 1 atom stereocenters. The molecule has 18 heavy (non-hydrogen) atoms. The van der Waals surface area contributed by atoms with Gasteiger partial charge < -0.3 is 10.1 Å². The Morgan fingerprint density at radius 1 is 1.44 bits per heavy atom.